The van der Waals surface area contributed by atoms with E-state index in [1.807, 2.05) is 6.92 Å². The number of carbonyl (C=O) groups excluding carboxylic acids is 1. The average Bonchev–Trinajstić information content (AvgIpc) is 2.34. The molecule has 0 spiro atoms. The summed E-state index contributed by atoms with van der Waals surface area (Å²) in [5.41, 5.74) is 6.80. The minimum absolute atomic E-state index is 0.0549. The predicted molar refractivity (Wildman–Crippen MR) is 71.8 cm³/mol. The Morgan fingerprint density at radius 1 is 1.61 bits per heavy atom. The summed E-state index contributed by atoms with van der Waals surface area (Å²) < 4.78 is 0. The van der Waals surface area contributed by atoms with E-state index < -0.39 is 5.60 Å². The van der Waals surface area contributed by atoms with Gasteiger partial charge >= 0.3 is 0 Å². The number of aliphatic hydroxyl groups is 1. The van der Waals surface area contributed by atoms with Crippen LogP contribution in [-0.4, -0.2) is 24.1 Å². The molecule has 1 aliphatic heterocycles. The van der Waals surface area contributed by atoms with Crippen LogP contribution < -0.4 is 10.6 Å². The van der Waals surface area contributed by atoms with E-state index in [1.165, 1.54) is 6.92 Å². The molecule has 0 aliphatic carbocycles. The Labute approximate surface area is 111 Å². The molecule has 1 aliphatic rings. The van der Waals surface area contributed by atoms with Crippen molar-refractivity contribution in [2.45, 2.75) is 25.9 Å². The van der Waals surface area contributed by atoms with Gasteiger partial charge < -0.3 is 15.7 Å². The van der Waals surface area contributed by atoms with Gasteiger partial charge in [-0.1, -0.05) is 17.7 Å². The van der Waals surface area contributed by atoms with Crippen LogP contribution in [0.25, 0.3) is 0 Å². The van der Waals surface area contributed by atoms with Gasteiger partial charge in [-0.25, -0.2) is 0 Å². The van der Waals surface area contributed by atoms with Crippen molar-refractivity contribution < 1.29 is 9.90 Å². The first-order chi connectivity index (χ1) is 8.40. The number of nitrogens with two attached hydrogens (primary N) is 1. The van der Waals surface area contributed by atoms with Gasteiger partial charge in [-0.15, -0.1) is 0 Å². The van der Waals surface area contributed by atoms with Gasteiger partial charge in [0.2, 0.25) is 5.91 Å². The Morgan fingerprint density at radius 3 is 2.83 bits per heavy atom. The first kappa shape index (κ1) is 13.3. The molecule has 1 heterocycles. The number of carbonyl (C=O) groups is 1. The van der Waals surface area contributed by atoms with Gasteiger partial charge in [0.1, 0.15) is 5.60 Å². The van der Waals surface area contributed by atoms with Crippen molar-refractivity contribution in [3.05, 3.63) is 28.3 Å². The molecule has 1 atom stereocenters. The van der Waals surface area contributed by atoms with E-state index in [-0.39, 0.29) is 12.5 Å². The highest BCUT2D eigenvalue weighted by Gasteiger charge is 2.38. The van der Waals surface area contributed by atoms with Gasteiger partial charge in [0.25, 0.3) is 0 Å². The average molecular weight is 269 g/mol. The normalized spacial score (nSPS) is 22.8. The third kappa shape index (κ3) is 1.90. The summed E-state index contributed by atoms with van der Waals surface area (Å²) >= 11 is 6.10. The van der Waals surface area contributed by atoms with Gasteiger partial charge in [0.05, 0.1) is 5.69 Å². The third-order valence-electron chi connectivity index (χ3n) is 3.60. The van der Waals surface area contributed by atoms with Crippen LogP contribution in [0.15, 0.2) is 12.1 Å². The zero-order valence-corrected chi connectivity index (χ0v) is 11.3. The second-order valence-electron chi connectivity index (χ2n) is 4.72. The van der Waals surface area contributed by atoms with Gasteiger partial charge in [0, 0.05) is 30.6 Å². The fourth-order valence-corrected chi connectivity index (χ4v) is 2.62. The van der Waals surface area contributed by atoms with Crippen LogP contribution in [0.1, 0.15) is 24.5 Å². The van der Waals surface area contributed by atoms with E-state index in [1.54, 1.807) is 17.0 Å². The monoisotopic (exact) mass is 268 g/mol. The standard InChI is InChI=1S/C13H17ClN2O2/c1-8-11(14)4-3-10-12(8)16(9(2)17)6-5-13(10,18)7-15/h3-4,18H,5-7,15H2,1-2H3. The van der Waals surface area contributed by atoms with Crippen molar-refractivity contribution in [1.82, 2.24) is 0 Å². The van der Waals surface area contributed by atoms with Crippen molar-refractivity contribution in [1.29, 1.82) is 0 Å². The molecule has 0 aromatic heterocycles. The van der Waals surface area contributed by atoms with Crippen LogP contribution in [0.3, 0.4) is 0 Å². The van der Waals surface area contributed by atoms with Gasteiger partial charge in [-0.05, 0) is 25.0 Å². The number of halogens is 1. The van der Waals surface area contributed by atoms with E-state index in [9.17, 15) is 9.90 Å². The lowest BCUT2D eigenvalue weighted by Crippen LogP contribution is -2.46. The fourth-order valence-electron chi connectivity index (χ4n) is 2.47. The second kappa shape index (κ2) is 4.53. The topological polar surface area (TPSA) is 66.6 Å². The summed E-state index contributed by atoms with van der Waals surface area (Å²) in [6, 6.07) is 3.49. The Kier molecular flexibility index (Phi) is 3.36. The minimum atomic E-state index is -1.07. The maximum atomic E-state index is 11.7. The second-order valence-corrected chi connectivity index (χ2v) is 5.13. The fraction of sp³-hybridized carbons (Fsp3) is 0.462. The largest absolute Gasteiger partial charge is 0.384 e. The van der Waals surface area contributed by atoms with Crippen LogP contribution in [0.4, 0.5) is 5.69 Å². The number of benzene rings is 1. The lowest BCUT2D eigenvalue weighted by atomic mass is 9.84. The number of rotatable bonds is 1. The molecule has 3 N–H and O–H groups in total. The first-order valence-electron chi connectivity index (χ1n) is 5.91. The maximum absolute atomic E-state index is 11.7. The Morgan fingerprint density at radius 2 is 2.28 bits per heavy atom. The lowest BCUT2D eigenvalue weighted by molar-refractivity contribution is -0.117. The number of anilines is 1. The zero-order valence-electron chi connectivity index (χ0n) is 10.5. The minimum Gasteiger partial charge on any atom is -0.384 e. The summed E-state index contributed by atoms with van der Waals surface area (Å²) in [5.74, 6) is -0.0549. The molecule has 0 bridgehead atoms. The van der Waals surface area contributed by atoms with Crippen LogP contribution in [0.5, 0.6) is 0 Å². The Bertz CT molecular complexity index is 504. The highest BCUT2D eigenvalue weighted by atomic mass is 35.5. The number of fused-ring (bicyclic) bond motifs is 1. The molecule has 5 heteroatoms. The molecule has 0 fully saturated rings. The van der Waals surface area contributed by atoms with Gasteiger partial charge in [-0.3, -0.25) is 4.79 Å². The predicted octanol–water partition coefficient (Wildman–Crippen LogP) is 1.55. The number of nitrogens with zero attached hydrogens (tertiary/aromatic N) is 1. The van der Waals surface area contributed by atoms with Gasteiger partial charge in [-0.2, -0.15) is 0 Å². The zero-order chi connectivity index (χ0) is 13.5. The van der Waals surface area contributed by atoms with Crippen molar-refractivity contribution in [3.8, 4) is 0 Å². The van der Waals surface area contributed by atoms with Crippen molar-refractivity contribution in [3.63, 3.8) is 0 Å². The maximum Gasteiger partial charge on any atom is 0.223 e. The quantitative estimate of drug-likeness (QED) is 0.812. The first-order valence-corrected chi connectivity index (χ1v) is 6.28. The van der Waals surface area contributed by atoms with Crippen molar-refractivity contribution in [2.75, 3.05) is 18.0 Å². The molecule has 0 saturated heterocycles. The molecule has 18 heavy (non-hydrogen) atoms. The van der Waals surface area contributed by atoms with E-state index in [2.05, 4.69) is 0 Å². The molecule has 1 aromatic carbocycles. The van der Waals surface area contributed by atoms with Crippen molar-refractivity contribution >= 4 is 23.2 Å². The SMILES string of the molecule is CC(=O)N1CCC(O)(CN)c2ccc(Cl)c(C)c21. The summed E-state index contributed by atoms with van der Waals surface area (Å²) in [6.07, 6.45) is 0.442. The molecule has 0 saturated carbocycles. The van der Waals surface area contributed by atoms with Crippen molar-refractivity contribution in [2.24, 2.45) is 5.73 Å². The molecule has 98 valence electrons. The molecule has 1 amide bonds. The summed E-state index contributed by atoms with van der Waals surface area (Å²) in [6.45, 7) is 3.94. The summed E-state index contributed by atoms with van der Waals surface area (Å²) in [7, 11) is 0. The molecule has 1 unspecified atom stereocenters. The van der Waals surface area contributed by atoms with Crippen LogP contribution in [0, 0.1) is 6.92 Å². The molecule has 4 nitrogen and oxygen atoms in total. The van der Waals surface area contributed by atoms with Crippen LogP contribution >= 0.6 is 11.6 Å². The summed E-state index contributed by atoms with van der Waals surface area (Å²) in [5, 5.41) is 11.1. The van der Waals surface area contributed by atoms with Crippen LogP contribution in [-0.2, 0) is 10.4 Å². The Balaban J connectivity index is 2.68. The molecule has 1 aromatic rings. The van der Waals surface area contributed by atoms with E-state index in [0.717, 1.165) is 5.56 Å². The number of hydrogen-bond donors (Lipinski definition) is 2. The lowest BCUT2D eigenvalue weighted by Gasteiger charge is -2.40. The smallest absolute Gasteiger partial charge is 0.223 e. The molecule has 0 radical (unpaired) electrons. The Hall–Kier alpha value is -1.10. The molecular weight excluding hydrogens is 252 g/mol. The number of amides is 1. The van der Waals surface area contributed by atoms with E-state index in [0.29, 0.717) is 29.2 Å². The van der Waals surface area contributed by atoms with Gasteiger partial charge in [0.15, 0.2) is 0 Å². The van der Waals surface area contributed by atoms with E-state index >= 15 is 0 Å². The van der Waals surface area contributed by atoms with Crippen LogP contribution in [0.2, 0.25) is 5.02 Å². The highest BCUT2D eigenvalue weighted by Crippen LogP contribution is 2.42. The highest BCUT2D eigenvalue weighted by molar-refractivity contribution is 6.31. The third-order valence-corrected chi connectivity index (χ3v) is 4.01. The number of hydrogen-bond acceptors (Lipinski definition) is 3. The molecular formula is C13H17ClN2O2. The summed E-state index contributed by atoms with van der Waals surface area (Å²) in [4.78, 5) is 13.3. The molecule has 2 rings (SSSR count). The van der Waals surface area contributed by atoms with E-state index in [4.69, 9.17) is 17.3 Å².